The number of nitrogens with one attached hydrogen (secondary N) is 1. The van der Waals surface area contributed by atoms with Gasteiger partial charge in [0.05, 0.1) is 11.4 Å². The molecule has 0 aromatic heterocycles. The van der Waals surface area contributed by atoms with Gasteiger partial charge in [-0.1, -0.05) is 61.2 Å². The average molecular weight is 447 g/mol. The van der Waals surface area contributed by atoms with Crippen LogP contribution in [0.15, 0.2) is 83.4 Å². The monoisotopic (exact) mass is 446 g/mol. The van der Waals surface area contributed by atoms with Crippen molar-refractivity contribution in [1.29, 1.82) is 0 Å². The number of aliphatic carboxylic acids is 1. The maximum atomic E-state index is 10.8. The third-order valence-corrected chi connectivity index (χ3v) is 6.43. The van der Waals surface area contributed by atoms with Crippen molar-refractivity contribution in [1.82, 2.24) is 0 Å². The van der Waals surface area contributed by atoms with E-state index in [0.29, 0.717) is 18.3 Å². The lowest BCUT2D eigenvalue weighted by molar-refractivity contribution is -0.138. The van der Waals surface area contributed by atoms with Gasteiger partial charge in [-0.2, -0.15) is 0 Å². The predicted octanol–water partition coefficient (Wildman–Crippen LogP) is 7.58. The first kappa shape index (κ1) is 26.1. The smallest absolute Gasteiger partial charge is 0.303 e. The summed E-state index contributed by atoms with van der Waals surface area (Å²) in [6.07, 6.45) is 17.2. The number of para-hydroxylation sites is 1. The van der Waals surface area contributed by atoms with E-state index in [-0.39, 0.29) is 0 Å². The maximum absolute atomic E-state index is 10.8. The van der Waals surface area contributed by atoms with Gasteiger partial charge >= 0.3 is 5.97 Å². The van der Waals surface area contributed by atoms with Gasteiger partial charge in [0, 0.05) is 13.5 Å². The molecule has 1 fully saturated rings. The lowest BCUT2D eigenvalue weighted by Gasteiger charge is -2.28. The van der Waals surface area contributed by atoms with Crippen LogP contribution in [0.5, 0.6) is 0 Å². The van der Waals surface area contributed by atoms with Crippen LogP contribution in [0.1, 0.15) is 50.5 Å². The molecule has 1 saturated carbocycles. The Morgan fingerprint density at radius 1 is 1.21 bits per heavy atom. The summed E-state index contributed by atoms with van der Waals surface area (Å²) < 4.78 is 0. The number of aryl methyl sites for hydroxylation is 1. The number of anilines is 1. The highest BCUT2D eigenvalue weighted by molar-refractivity contribution is 5.70. The summed E-state index contributed by atoms with van der Waals surface area (Å²) in [5, 5.41) is 11.9. The highest BCUT2D eigenvalue weighted by Crippen LogP contribution is 2.35. The van der Waals surface area contributed by atoms with Crippen LogP contribution >= 0.6 is 0 Å². The van der Waals surface area contributed by atoms with Gasteiger partial charge in [-0.15, -0.1) is 0 Å². The van der Waals surface area contributed by atoms with Gasteiger partial charge in [-0.3, -0.25) is 9.79 Å². The fourth-order valence-corrected chi connectivity index (χ4v) is 4.41. The quantitative estimate of drug-likeness (QED) is 0.319. The van der Waals surface area contributed by atoms with Gasteiger partial charge < -0.3 is 10.4 Å². The van der Waals surface area contributed by atoms with Crippen molar-refractivity contribution in [3.05, 3.63) is 84.0 Å². The Labute approximate surface area is 199 Å². The van der Waals surface area contributed by atoms with Crippen molar-refractivity contribution in [2.45, 2.75) is 51.9 Å². The number of aliphatic imine (C=N–C) groups is 1. The van der Waals surface area contributed by atoms with E-state index in [1.54, 1.807) is 0 Å². The number of nitrogens with zero attached hydrogens (tertiary/aromatic N) is 1. The van der Waals surface area contributed by atoms with E-state index in [2.05, 4.69) is 60.6 Å². The first-order valence-electron chi connectivity index (χ1n) is 11.7. The Kier molecular flexibility index (Phi) is 10.6. The summed E-state index contributed by atoms with van der Waals surface area (Å²) in [6, 6.07) is 5.95. The number of allylic oxidation sites excluding steroid dienone is 8. The molecule has 0 heterocycles. The van der Waals surface area contributed by atoms with Crippen molar-refractivity contribution in [2.24, 2.45) is 16.8 Å². The zero-order valence-corrected chi connectivity index (χ0v) is 20.1. The van der Waals surface area contributed by atoms with Gasteiger partial charge in [-0.05, 0) is 86.8 Å². The molecule has 2 aliphatic rings. The zero-order chi connectivity index (χ0) is 24.2. The normalized spacial score (nSPS) is 19.8. The third kappa shape index (κ3) is 8.38. The van der Waals surface area contributed by atoms with Gasteiger partial charge in [-0.25, -0.2) is 0 Å². The minimum Gasteiger partial charge on any atom is -0.481 e. The SMILES string of the molecule is C=C(/C=C\C(=C)C1CCC(CC(=O)O)CC1)C1=CC=CCC1.C=Nc1cccc(C)c1NC. The molecule has 0 radical (unpaired) electrons. The zero-order valence-electron chi connectivity index (χ0n) is 20.1. The second kappa shape index (κ2) is 13.4. The largest absolute Gasteiger partial charge is 0.481 e. The Bertz CT molecular complexity index is 944. The molecule has 1 aromatic rings. The highest BCUT2D eigenvalue weighted by Gasteiger charge is 2.23. The molecule has 1 aromatic carbocycles. The van der Waals surface area contributed by atoms with Crippen LogP contribution in [0.2, 0.25) is 0 Å². The Hall–Kier alpha value is -3.14. The fraction of sp³-hybridized carbons (Fsp3) is 0.379. The van der Waals surface area contributed by atoms with Crippen molar-refractivity contribution in [2.75, 3.05) is 12.4 Å². The molecular weight excluding hydrogens is 408 g/mol. The summed E-state index contributed by atoms with van der Waals surface area (Å²) in [4.78, 5) is 14.7. The summed E-state index contributed by atoms with van der Waals surface area (Å²) in [7, 11) is 1.89. The molecule has 2 aliphatic carbocycles. The van der Waals surface area contributed by atoms with Crippen LogP contribution < -0.4 is 5.32 Å². The summed E-state index contributed by atoms with van der Waals surface area (Å²) in [5.74, 6) is 0.169. The standard InChI is InChI=1S/C20H26O2.C9H12N2/c1-15(18-6-4-3-5-7-18)8-9-16(2)19-12-10-17(11-13-19)14-20(21)22;1-7-5-4-6-8(10-2)9(7)11-3/h3-4,6,8-9,17,19H,1-2,5,7,10-14H2,(H,21,22);4-6,11H,2H2,1,3H3/b9-8-;. The molecule has 0 atom stereocenters. The van der Waals surface area contributed by atoms with E-state index in [4.69, 9.17) is 5.11 Å². The summed E-state index contributed by atoms with van der Waals surface area (Å²) in [6.45, 7) is 13.9. The number of rotatable bonds is 8. The molecule has 4 nitrogen and oxygen atoms in total. The van der Waals surface area contributed by atoms with Crippen LogP contribution in [0.3, 0.4) is 0 Å². The first-order chi connectivity index (χ1) is 15.8. The van der Waals surface area contributed by atoms with E-state index in [0.717, 1.165) is 61.0 Å². The topological polar surface area (TPSA) is 61.7 Å². The molecule has 0 saturated heterocycles. The van der Waals surface area contributed by atoms with Gasteiger partial charge in [0.2, 0.25) is 0 Å². The second-order valence-electron chi connectivity index (χ2n) is 8.78. The van der Waals surface area contributed by atoms with E-state index < -0.39 is 5.97 Å². The van der Waals surface area contributed by atoms with Crippen molar-refractivity contribution in [3.63, 3.8) is 0 Å². The molecule has 4 heteroatoms. The van der Waals surface area contributed by atoms with Crippen molar-refractivity contribution in [3.8, 4) is 0 Å². The van der Waals surface area contributed by atoms with Crippen LogP contribution in [0, 0.1) is 18.8 Å². The summed E-state index contributed by atoms with van der Waals surface area (Å²) >= 11 is 0. The molecule has 0 unspecified atom stereocenters. The molecule has 0 amide bonds. The van der Waals surface area contributed by atoms with Crippen LogP contribution in [-0.4, -0.2) is 24.8 Å². The Balaban J connectivity index is 0.000000294. The van der Waals surface area contributed by atoms with Crippen molar-refractivity contribution >= 4 is 24.1 Å². The summed E-state index contributed by atoms with van der Waals surface area (Å²) in [5.41, 5.74) is 6.69. The van der Waals surface area contributed by atoms with E-state index in [1.165, 1.54) is 11.1 Å². The van der Waals surface area contributed by atoms with E-state index in [9.17, 15) is 4.79 Å². The number of hydrogen-bond donors (Lipinski definition) is 2. The maximum Gasteiger partial charge on any atom is 0.303 e. The van der Waals surface area contributed by atoms with E-state index in [1.807, 2.05) is 32.2 Å². The first-order valence-corrected chi connectivity index (χ1v) is 11.7. The van der Waals surface area contributed by atoms with Crippen LogP contribution in [-0.2, 0) is 4.79 Å². The molecular formula is C29H38N2O2. The lowest BCUT2D eigenvalue weighted by Crippen LogP contribution is -2.17. The Morgan fingerprint density at radius 3 is 2.48 bits per heavy atom. The fourth-order valence-electron chi connectivity index (χ4n) is 4.41. The number of hydrogen-bond acceptors (Lipinski definition) is 3. The Morgan fingerprint density at radius 2 is 1.94 bits per heavy atom. The average Bonchev–Trinajstić information content (AvgIpc) is 2.83. The number of carboxylic acid groups (broad SMARTS) is 1. The van der Waals surface area contributed by atoms with Gasteiger partial charge in [0.15, 0.2) is 0 Å². The number of benzene rings is 1. The molecule has 0 spiro atoms. The molecule has 0 aliphatic heterocycles. The highest BCUT2D eigenvalue weighted by atomic mass is 16.4. The predicted molar refractivity (Wildman–Crippen MR) is 142 cm³/mol. The van der Waals surface area contributed by atoms with E-state index >= 15 is 0 Å². The van der Waals surface area contributed by atoms with Gasteiger partial charge in [0.25, 0.3) is 0 Å². The van der Waals surface area contributed by atoms with Crippen LogP contribution in [0.25, 0.3) is 0 Å². The molecule has 3 rings (SSSR count). The second-order valence-corrected chi connectivity index (χ2v) is 8.78. The number of carbonyl (C=O) groups is 1. The molecule has 33 heavy (non-hydrogen) atoms. The molecule has 2 N–H and O–H groups in total. The van der Waals surface area contributed by atoms with Gasteiger partial charge in [0.1, 0.15) is 0 Å². The molecule has 0 bridgehead atoms. The minimum atomic E-state index is -0.673. The number of carboxylic acids is 1. The molecule has 176 valence electrons. The minimum absolute atomic E-state index is 0.313. The van der Waals surface area contributed by atoms with Crippen LogP contribution in [0.4, 0.5) is 11.4 Å². The lowest BCUT2D eigenvalue weighted by atomic mass is 9.77. The van der Waals surface area contributed by atoms with Crippen molar-refractivity contribution < 1.29 is 9.90 Å². The third-order valence-electron chi connectivity index (χ3n) is 6.43.